The zero-order valence-corrected chi connectivity index (χ0v) is 9.35. The van der Waals surface area contributed by atoms with Gasteiger partial charge in [0.25, 0.3) is 0 Å². The van der Waals surface area contributed by atoms with Crippen LogP contribution in [0.15, 0.2) is 29.7 Å². The summed E-state index contributed by atoms with van der Waals surface area (Å²) < 4.78 is 5.85. The molecular formula is C12H16OS. The molecule has 2 rings (SSSR count). The molecule has 1 fully saturated rings. The van der Waals surface area contributed by atoms with E-state index in [2.05, 4.69) is 31.0 Å². The molecule has 76 valence electrons. The van der Waals surface area contributed by atoms with Gasteiger partial charge in [0.1, 0.15) is 0 Å². The van der Waals surface area contributed by atoms with Crippen molar-refractivity contribution in [3.8, 4) is 0 Å². The highest BCUT2D eigenvalue weighted by Crippen LogP contribution is 2.39. The van der Waals surface area contributed by atoms with Gasteiger partial charge in [-0.2, -0.15) is 0 Å². The number of rotatable bonds is 2. The van der Waals surface area contributed by atoms with Crippen LogP contribution in [-0.2, 0) is 4.74 Å². The van der Waals surface area contributed by atoms with Crippen LogP contribution >= 0.6 is 11.3 Å². The summed E-state index contributed by atoms with van der Waals surface area (Å²) in [7, 11) is 0. The van der Waals surface area contributed by atoms with Crippen LogP contribution < -0.4 is 0 Å². The number of thiophene rings is 1. The van der Waals surface area contributed by atoms with Crippen molar-refractivity contribution < 1.29 is 4.74 Å². The summed E-state index contributed by atoms with van der Waals surface area (Å²) >= 11 is 1.78. The monoisotopic (exact) mass is 208 g/mol. The second kappa shape index (κ2) is 4.28. The molecule has 14 heavy (non-hydrogen) atoms. The quantitative estimate of drug-likeness (QED) is 0.672. The van der Waals surface area contributed by atoms with Gasteiger partial charge >= 0.3 is 0 Å². The Bertz CT molecular complexity index is 302. The van der Waals surface area contributed by atoms with Crippen LogP contribution in [0.5, 0.6) is 0 Å². The third-order valence-electron chi connectivity index (χ3n) is 2.78. The Balaban J connectivity index is 2.18. The molecule has 2 heteroatoms. The van der Waals surface area contributed by atoms with Crippen molar-refractivity contribution in [3.63, 3.8) is 0 Å². The van der Waals surface area contributed by atoms with Gasteiger partial charge in [-0.05, 0) is 31.2 Å². The minimum Gasteiger partial charge on any atom is -0.372 e. The second-order valence-electron chi connectivity index (χ2n) is 3.90. The van der Waals surface area contributed by atoms with Crippen LogP contribution in [0.25, 0.3) is 0 Å². The molecule has 0 bridgehead atoms. The zero-order chi connectivity index (χ0) is 9.97. The molecular weight excluding hydrogens is 192 g/mol. The highest BCUT2D eigenvalue weighted by atomic mass is 32.1. The summed E-state index contributed by atoms with van der Waals surface area (Å²) in [4.78, 5) is 1.35. The average Bonchev–Trinajstić information content (AvgIpc) is 2.70. The molecule has 0 aliphatic carbocycles. The van der Waals surface area contributed by atoms with Gasteiger partial charge in [0.2, 0.25) is 0 Å². The van der Waals surface area contributed by atoms with E-state index in [4.69, 9.17) is 4.74 Å². The molecule has 0 aromatic carbocycles. The van der Waals surface area contributed by atoms with Crippen LogP contribution in [0.4, 0.5) is 0 Å². The fourth-order valence-corrected chi connectivity index (χ4v) is 2.86. The van der Waals surface area contributed by atoms with Gasteiger partial charge < -0.3 is 4.74 Å². The first-order valence-electron chi connectivity index (χ1n) is 5.09. The third kappa shape index (κ3) is 1.91. The number of hydrogen-bond acceptors (Lipinski definition) is 2. The van der Waals surface area contributed by atoms with Crippen molar-refractivity contribution in [1.29, 1.82) is 0 Å². The van der Waals surface area contributed by atoms with Crippen molar-refractivity contribution in [3.05, 3.63) is 34.5 Å². The van der Waals surface area contributed by atoms with Gasteiger partial charge in [0.15, 0.2) is 0 Å². The van der Waals surface area contributed by atoms with Crippen molar-refractivity contribution >= 4 is 11.3 Å². The van der Waals surface area contributed by atoms with Crippen LogP contribution in [0, 0.1) is 5.92 Å². The lowest BCUT2D eigenvalue weighted by atomic mass is 9.88. The summed E-state index contributed by atoms with van der Waals surface area (Å²) in [5, 5.41) is 2.11. The van der Waals surface area contributed by atoms with Gasteiger partial charge in [0.05, 0.1) is 6.10 Å². The van der Waals surface area contributed by atoms with E-state index in [0.717, 1.165) is 6.61 Å². The predicted molar refractivity (Wildman–Crippen MR) is 60.6 cm³/mol. The van der Waals surface area contributed by atoms with E-state index in [-0.39, 0.29) is 6.10 Å². The lowest BCUT2D eigenvalue weighted by Crippen LogP contribution is -2.22. The van der Waals surface area contributed by atoms with Crippen LogP contribution in [0.3, 0.4) is 0 Å². The van der Waals surface area contributed by atoms with Gasteiger partial charge in [0, 0.05) is 17.4 Å². The van der Waals surface area contributed by atoms with Crippen molar-refractivity contribution in [2.24, 2.45) is 5.92 Å². The van der Waals surface area contributed by atoms with Crippen LogP contribution in [0.2, 0.25) is 0 Å². The van der Waals surface area contributed by atoms with E-state index in [1.54, 1.807) is 11.3 Å². The normalized spacial score (nSPS) is 27.5. The van der Waals surface area contributed by atoms with E-state index >= 15 is 0 Å². The Morgan fingerprint density at radius 1 is 1.64 bits per heavy atom. The summed E-state index contributed by atoms with van der Waals surface area (Å²) in [6.07, 6.45) is 2.65. The topological polar surface area (TPSA) is 9.23 Å². The maximum atomic E-state index is 5.85. The van der Waals surface area contributed by atoms with Gasteiger partial charge in [-0.15, -0.1) is 11.3 Å². The Kier molecular flexibility index (Phi) is 3.04. The SMILES string of the molecule is C=C(C)[C@@H]1CCCO[C@H]1c1cccs1. The lowest BCUT2D eigenvalue weighted by Gasteiger charge is -2.31. The van der Waals surface area contributed by atoms with E-state index in [1.807, 2.05) is 0 Å². The van der Waals surface area contributed by atoms with Gasteiger partial charge in [-0.25, -0.2) is 0 Å². The summed E-state index contributed by atoms with van der Waals surface area (Å²) in [5.41, 5.74) is 1.25. The maximum Gasteiger partial charge on any atom is 0.0981 e. The molecule has 1 saturated heterocycles. The smallest absolute Gasteiger partial charge is 0.0981 e. The zero-order valence-electron chi connectivity index (χ0n) is 8.53. The molecule has 1 aliphatic heterocycles. The molecule has 0 N–H and O–H groups in total. The first-order valence-corrected chi connectivity index (χ1v) is 5.97. The number of ether oxygens (including phenoxy) is 1. The molecule has 0 unspecified atom stereocenters. The third-order valence-corrected chi connectivity index (χ3v) is 3.71. The molecule has 1 aliphatic rings. The molecule has 0 spiro atoms. The summed E-state index contributed by atoms with van der Waals surface area (Å²) in [6, 6.07) is 4.25. The highest BCUT2D eigenvalue weighted by Gasteiger charge is 2.28. The maximum absolute atomic E-state index is 5.85. The van der Waals surface area contributed by atoms with Crippen LogP contribution in [-0.4, -0.2) is 6.61 Å². The molecule has 2 atom stereocenters. The van der Waals surface area contributed by atoms with E-state index in [1.165, 1.54) is 23.3 Å². The number of hydrogen-bond donors (Lipinski definition) is 0. The van der Waals surface area contributed by atoms with E-state index < -0.39 is 0 Å². The fraction of sp³-hybridized carbons (Fsp3) is 0.500. The Hall–Kier alpha value is -0.600. The first-order chi connectivity index (χ1) is 6.79. The minimum atomic E-state index is 0.265. The van der Waals surface area contributed by atoms with Gasteiger partial charge in [-0.3, -0.25) is 0 Å². The first kappa shape index (κ1) is 9.94. The Morgan fingerprint density at radius 2 is 2.50 bits per heavy atom. The lowest BCUT2D eigenvalue weighted by molar-refractivity contribution is -0.0138. The molecule has 1 aromatic heterocycles. The molecule has 0 saturated carbocycles. The van der Waals surface area contributed by atoms with E-state index in [9.17, 15) is 0 Å². The second-order valence-corrected chi connectivity index (χ2v) is 4.88. The highest BCUT2D eigenvalue weighted by molar-refractivity contribution is 7.10. The Morgan fingerprint density at radius 3 is 3.14 bits per heavy atom. The van der Waals surface area contributed by atoms with Crippen molar-refractivity contribution in [2.45, 2.75) is 25.9 Å². The molecule has 2 heterocycles. The standard InChI is InChI=1S/C12H16OS/c1-9(2)10-5-3-7-13-12(10)11-6-4-8-14-11/h4,6,8,10,12H,1,3,5,7H2,2H3/t10-,12+/m0/s1. The summed E-state index contributed by atoms with van der Waals surface area (Å²) in [5.74, 6) is 0.516. The molecule has 1 aromatic rings. The van der Waals surface area contributed by atoms with Crippen molar-refractivity contribution in [2.75, 3.05) is 6.61 Å². The Labute approximate surface area is 89.4 Å². The molecule has 0 radical (unpaired) electrons. The minimum absolute atomic E-state index is 0.265. The molecule has 0 amide bonds. The fourth-order valence-electron chi connectivity index (χ4n) is 2.02. The largest absolute Gasteiger partial charge is 0.372 e. The predicted octanol–water partition coefficient (Wildman–Crippen LogP) is 3.79. The summed E-state index contributed by atoms with van der Waals surface area (Å²) in [6.45, 7) is 7.07. The average molecular weight is 208 g/mol. The van der Waals surface area contributed by atoms with Crippen molar-refractivity contribution in [1.82, 2.24) is 0 Å². The van der Waals surface area contributed by atoms with Crippen LogP contribution in [0.1, 0.15) is 30.7 Å². The van der Waals surface area contributed by atoms with E-state index in [0.29, 0.717) is 5.92 Å². The molecule has 1 nitrogen and oxygen atoms in total. The van der Waals surface area contributed by atoms with Gasteiger partial charge in [-0.1, -0.05) is 18.2 Å².